The smallest absolute Gasteiger partial charge is 0.408 e. The van der Waals surface area contributed by atoms with Gasteiger partial charge in [-0.05, 0) is 27.2 Å². The predicted molar refractivity (Wildman–Crippen MR) is 53.5 cm³/mol. The summed E-state index contributed by atoms with van der Waals surface area (Å²) in [7, 11) is 0. The molecule has 0 aromatic carbocycles. The van der Waals surface area contributed by atoms with E-state index in [1.165, 1.54) is 0 Å². The van der Waals surface area contributed by atoms with E-state index in [1.54, 1.807) is 20.8 Å². The summed E-state index contributed by atoms with van der Waals surface area (Å²) in [5, 5.41) is 2.17. The molecule has 0 aromatic rings. The van der Waals surface area contributed by atoms with E-state index in [-0.39, 0.29) is 13.0 Å². The third-order valence-electron chi connectivity index (χ3n) is 2.05. The van der Waals surface area contributed by atoms with Gasteiger partial charge < -0.3 is 14.8 Å². The van der Waals surface area contributed by atoms with E-state index in [0.717, 1.165) is 0 Å². The molecule has 6 heteroatoms. The molecule has 94 valence electrons. The van der Waals surface area contributed by atoms with Crippen LogP contribution in [-0.4, -0.2) is 36.9 Å². The second kappa shape index (κ2) is 4.53. The third-order valence-corrected chi connectivity index (χ3v) is 2.05. The highest BCUT2D eigenvalue weighted by atomic mass is 19.3. The molecule has 0 spiro atoms. The number of alkyl halides is 2. The summed E-state index contributed by atoms with van der Waals surface area (Å²) in [6.07, 6.45) is -0.731. The summed E-state index contributed by atoms with van der Waals surface area (Å²) < 4.78 is 36.1. The summed E-state index contributed by atoms with van der Waals surface area (Å²) in [5.74, 6) is -3.03. The van der Waals surface area contributed by atoms with Crippen LogP contribution in [0.2, 0.25) is 0 Å². The van der Waals surface area contributed by atoms with E-state index >= 15 is 0 Å². The van der Waals surface area contributed by atoms with Gasteiger partial charge in [0.2, 0.25) is 0 Å². The van der Waals surface area contributed by atoms with E-state index in [0.29, 0.717) is 0 Å². The SMILES string of the molecule is CC(C)(C)OC(=O)NC1CCOCC1(F)F. The van der Waals surface area contributed by atoms with Crippen LogP contribution in [0.3, 0.4) is 0 Å². The van der Waals surface area contributed by atoms with Gasteiger partial charge in [-0.1, -0.05) is 0 Å². The van der Waals surface area contributed by atoms with E-state index < -0.39 is 30.3 Å². The van der Waals surface area contributed by atoms with Gasteiger partial charge in [0.25, 0.3) is 5.92 Å². The highest BCUT2D eigenvalue weighted by Gasteiger charge is 2.43. The lowest BCUT2D eigenvalue weighted by Gasteiger charge is -2.32. The first-order valence-electron chi connectivity index (χ1n) is 5.16. The predicted octanol–water partition coefficient (Wildman–Crippen LogP) is 1.94. The minimum atomic E-state index is -3.03. The Morgan fingerprint density at radius 3 is 2.62 bits per heavy atom. The molecule has 1 aliphatic heterocycles. The van der Waals surface area contributed by atoms with Crippen LogP contribution in [0.5, 0.6) is 0 Å². The number of nitrogens with one attached hydrogen (secondary N) is 1. The Morgan fingerprint density at radius 2 is 2.12 bits per heavy atom. The average molecular weight is 237 g/mol. The molecule has 0 aliphatic carbocycles. The van der Waals surface area contributed by atoms with Crippen molar-refractivity contribution in [2.45, 2.75) is 44.8 Å². The van der Waals surface area contributed by atoms with Gasteiger partial charge >= 0.3 is 6.09 Å². The first kappa shape index (κ1) is 13.2. The fourth-order valence-corrected chi connectivity index (χ4v) is 1.35. The normalized spacial score (nSPS) is 24.9. The molecule has 1 atom stereocenters. The van der Waals surface area contributed by atoms with Crippen molar-refractivity contribution < 1.29 is 23.0 Å². The molecule has 1 heterocycles. The molecule has 1 aliphatic rings. The quantitative estimate of drug-likeness (QED) is 0.758. The molecule has 4 nitrogen and oxygen atoms in total. The number of hydrogen-bond acceptors (Lipinski definition) is 3. The molecule has 1 unspecified atom stereocenters. The molecule has 0 radical (unpaired) electrons. The van der Waals surface area contributed by atoms with E-state index in [9.17, 15) is 13.6 Å². The van der Waals surface area contributed by atoms with Crippen molar-refractivity contribution in [3.05, 3.63) is 0 Å². The first-order valence-corrected chi connectivity index (χ1v) is 5.16. The Morgan fingerprint density at radius 1 is 1.50 bits per heavy atom. The van der Waals surface area contributed by atoms with Crippen LogP contribution in [0.25, 0.3) is 0 Å². The summed E-state index contributed by atoms with van der Waals surface area (Å²) in [5.41, 5.74) is -0.690. The van der Waals surface area contributed by atoms with Gasteiger partial charge in [-0.2, -0.15) is 0 Å². The topological polar surface area (TPSA) is 47.6 Å². The molecular weight excluding hydrogens is 220 g/mol. The van der Waals surface area contributed by atoms with Crippen LogP contribution in [0, 0.1) is 0 Å². The standard InChI is InChI=1S/C10H17F2NO3/c1-9(2,3)16-8(14)13-7-4-5-15-6-10(7,11)12/h7H,4-6H2,1-3H3,(H,13,14). The molecule has 1 fully saturated rings. The van der Waals surface area contributed by atoms with Gasteiger partial charge in [-0.3, -0.25) is 0 Å². The molecule has 1 amide bonds. The number of carbonyl (C=O) groups is 1. The number of hydrogen-bond donors (Lipinski definition) is 1. The van der Waals surface area contributed by atoms with Gasteiger partial charge in [0.05, 0.1) is 0 Å². The van der Waals surface area contributed by atoms with Crippen LogP contribution in [-0.2, 0) is 9.47 Å². The van der Waals surface area contributed by atoms with Crippen LogP contribution >= 0.6 is 0 Å². The zero-order chi connectivity index (χ0) is 12.4. The zero-order valence-corrected chi connectivity index (χ0v) is 9.68. The van der Waals surface area contributed by atoms with E-state index in [1.807, 2.05) is 0 Å². The maximum Gasteiger partial charge on any atom is 0.408 e. The molecule has 1 saturated heterocycles. The van der Waals surface area contributed by atoms with Crippen LogP contribution in [0.1, 0.15) is 27.2 Å². The molecule has 1 rings (SSSR count). The van der Waals surface area contributed by atoms with Gasteiger partial charge in [0.1, 0.15) is 18.2 Å². The Labute approximate surface area is 93.3 Å². The number of rotatable bonds is 1. The number of ether oxygens (including phenoxy) is 2. The van der Waals surface area contributed by atoms with Gasteiger partial charge in [0.15, 0.2) is 0 Å². The van der Waals surface area contributed by atoms with Crippen molar-refractivity contribution in [1.29, 1.82) is 0 Å². The minimum Gasteiger partial charge on any atom is -0.444 e. The van der Waals surface area contributed by atoms with Crippen molar-refractivity contribution >= 4 is 6.09 Å². The van der Waals surface area contributed by atoms with E-state index in [4.69, 9.17) is 4.74 Å². The van der Waals surface area contributed by atoms with Gasteiger partial charge in [0, 0.05) is 6.61 Å². The first-order chi connectivity index (χ1) is 7.21. The molecule has 16 heavy (non-hydrogen) atoms. The monoisotopic (exact) mass is 237 g/mol. The number of amides is 1. The molecule has 0 aromatic heterocycles. The van der Waals surface area contributed by atoms with Crippen molar-refractivity contribution in [3.8, 4) is 0 Å². The zero-order valence-electron chi connectivity index (χ0n) is 9.68. The number of alkyl carbamates (subject to hydrolysis) is 1. The fourth-order valence-electron chi connectivity index (χ4n) is 1.35. The molecule has 0 saturated carbocycles. The Balaban J connectivity index is 2.49. The molecule has 1 N–H and O–H groups in total. The number of halogens is 2. The lowest BCUT2D eigenvalue weighted by Crippen LogP contribution is -2.54. The highest BCUT2D eigenvalue weighted by Crippen LogP contribution is 2.25. The minimum absolute atomic E-state index is 0.0895. The highest BCUT2D eigenvalue weighted by molar-refractivity contribution is 5.68. The van der Waals surface area contributed by atoms with Crippen molar-refractivity contribution in [1.82, 2.24) is 5.32 Å². The van der Waals surface area contributed by atoms with Gasteiger partial charge in [-0.15, -0.1) is 0 Å². The second-order valence-corrected chi connectivity index (χ2v) is 4.80. The molecular formula is C10H17F2NO3. The Bertz CT molecular complexity index is 263. The van der Waals surface area contributed by atoms with Gasteiger partial charge in [-0.25, -0.2) is 13.6 Å². The maximum absolute atomic E-state index is 13.3. The van der Waals surface area contributed by atoms with Crippen molar-refractivity contribution in [3.63, 3.8) is 0 Å². The average Bonchev–Trinajstić information content (AvgIpc) is 2.05. The fraction of sp³-hybridized carbons (Fsp3) is 0.900. The van der Waals surface area contributed by atoms with Crippen molar-refractivity contribution in [2.75, 3.05) is 13.2 Å². The van der Waals surface area contributed by atoms with Crippen molar-refractivity contribution in [2.24, 2.45) is 0 Å². The Kier molecular flexibility index (Phi) is 3.72. The lowest BCUT2D eigenvalue weighted by atomic mass is 10.1. The maximum atomic E-state index is 13.3. The largest absolute Gasteiger partial charge is 0.444 e. The Hall–Kier alpha value is -0.910. The second-order valence-electron chi connectivity index (χ2n) is 4.80. The summed E-state index contributed by atoms with van der Waals surface area (Å²) in [6, 6.07) is -1.21. The number of carbonyl (C=O) groups excluding carboxylic acids is 1. The summed E-state index contributed by atoms with van der Waals surface area (Å²) in [4.78, 5) is 11.3. The third kappa shape index (κ3) is 3.92. The van der Waals surface area contributed by atoms with E-state index in [2.05, 4.69) is 10.1 Å². The lowest BCUT2D eigenvalue weighted by molar-refractivity contribution is -0.135. The van der Waals surface area contributed by atoms with Crippen LogP contribution in [0.15, 0.2) is 0 Å². The summed E-state index contributed by atoms with van der Waals surface area (Å²) in [6.45, 7) is 4.58. The van der Waals surface area contributed by atoms with Crippen LogP contribution < -0.4 is 5.32 Å². The summed E-state index contributed by atoms with van der Waals surface area (Å²) >= 11 is 0. The molecule has 0 bridgehead atoms. The van der Waals surface area contributed by atoms with Crippen LogP contribution in [0.4, 0.5) is 13.6 Å².